The van der Waals surface area contributed by atoms with Gasteiger partial charge in [-0.05, 0) is 24.6 Å². The number of Topliss-reactive ketones (excluding diaryl/α,β-unsaturated/α-hetero) is 1. The van der Waals surface area contributed by atoms with Crippen LogP contribution in [-0.4, -0.2) is 14.9 Å². The maximum Gasteiger partial charge on any atom is 0.202 e. The lowest BCUT2D eigenvalue weighted by molar-refractivity contribution is 0.0970. The summed E-state index contributed by atoms with van der Waals surface area (Å²) in [5, 5.41) is 8.91. The maximum atomic E-state index is 12.4. The van der Waals surface area contributed by atoms with E-state index in [0.717, 1.165) is 16.8 Å². The number of carbonyl (C=O) groups is 1. The molecule has 3 rings (SSSR count). The van der Waals surface area contributed by atoms with E-state index in [9.17, 15) is 4.79 Å². The molecule has 0 amide bonds. The molecule has 0 bridgehead atoms. The van der Waals surface area contributed by atoms with Crippen LogP contribution in [0.4, 0.5) is 0 Å². The highest BCUT2D eigenvalue weighted by atomic mass is 35.5. The van der Waals surface area contributed by atoms with Gasteiger partial charge < -0.3 is 9.13 Å². The molecule has 4 nitrogen and oxygen atoms in total. The molecule has 0 radical (unpaired) electrons. The molecule has 0 saturated carbocycles. The SMILES string of the molecule is Cc1ccc(C(=O)Cn2cc(-c3ccc(Cl)cc3)n(C)c2=N)cc1. The number of nitrogens with one attached hydrogen (secondary N) is 1. The van der Waals surface area contributed by atoms with Crippen LogP contribution in [0.15, 0.2) is 54.7 Å². The van der Waals surface area contributed by atoms with Gasteiger partial charge in [-0.1, -0.05) is 53.6 Å². The summed E-state index contributed by atoms with van der Waals surface area (Å²) in [7, 11) is 1.82. The van der Waals surface area contributed by atoms with Gasteiger partial charge in [-0.2, -0.15) is 0 Å². The minimum Gasteiger partial charge on any atom is -0.314 e. The Morgan fingerprint density at radius 2 is 1.71 bits per heavy atom. The molecule has 122 valence electrons. The van der Waals surface area contributed by atoms with Crippen LogP contribution in [0.25, 0.3) is 11.3 Å². The predicted molar refractivity (Wildman–Crippen MR) is 95.2 cm³/mol. The largest absolute Gasteiger partial charge is 0.314 e. The molecule has 0 aliphatic heterocycles. The molecule has 2 aromatic carbocycles. The summed E-state index contributed by atoms with van der Waals surface area (Å²) in [6.07, 6.45) is 1.83. The number of carbonyl (C=O) groups excluding carboxylic acids is 1. The normalized spacial score (nSPS) is 10.8. The first-order valence-electron chi connectivity index (χ1n) is 7.62. The van der Waals surface area contributed by atoms with Crippen LogP contribution in [0.3, 0.4) is 0 Å². The lowest BCUT2D eigenvalue weighted by Gasteiger charge is -2.03. The fraction of sp³-hybridized carbons (Fsp3) is 0.158. The molecule has 5 heteroatoms. The van der Waals surface area contributed by atoms with Crippen molar-refractivity contribution in [1.29, 1.82) is 5.41 Å². The summed E-state index contributed by atoms with van der Waals surface area (Å²) in [6, 6.07) is 14.9. The molecule has 0 unspecified atom stereocenters. The Kier molecular flexibility index (Phi) is 4.40. The van der Waals surface area contributed by atoms with Crippen LogP contribution in [0.1, 0.15) is 15.9 Å². The molecule has 0 aliphatic carbocycles. The number of halogens is 1. The van der Waals surface area contributed by atoms with Crippen LogP contribution in [0.2, 0.25) is 5.02 Å². The van der Waals surface area contributed by atoms with Gasteiger partial charge in [0.25, 0.3) is 0 Å². The van der Waals surface area contributed by atoms with Crippen molar-refractivity contribution in [3.63, 3.8) is 0 Å². The van der Waals surface area contributed by atoms with Crippen LogP contribution >= 0.6 is 11.6 Å². The minimum absolute atomic E-state index is 0.0123. The van der Waals surface area contributed by atoms with E-state index in [1.807, 2.05) is 68.7 Å². The number of hydrogen-bond acceptors (Lipinski definition) is 2. The molecule has 0 aliphatic rings. The van der Waals surface area contributed by atoms with Crippen molar-refractivity contribution >= 4 is 17.4 Å². The molecule has 3 aromatic rings. The van der Waals surface area contributed by atoms with E-state index in [1.165, 1.54) is 0 Å². The summed E-state index contributed by atoms with van der Waals surface area (Å²) in [5.74, 6) is -0.0123. The fourth-order valence-electron chi connectivity index (χ4n) is 2.60. The third-order valence-corrected chi connectivity index (χ3v) is 4.31. The summed E-state index contributed by atoms with van der Waals surface area (Å²) in [5.41, 5.74) is 3.88. The number of hydrogen-bond donors (Lipinski definition) is 1. The highest BCUT2D eigenvalue weighted by Gasteiger charge is 2.12. The number of aromatic nitrogens is 2. The molecule has 24 heavy (non-hydrogen) atoms. The number of ketones is 1. The second-order valence-corrected chi connectivity index (χ2v) is 6.26. The summed E-state index contributed by atoms with van der Waals surface area (Å²) in [6.45, 7) is 2.13. The van der Waals surface area contributed by atoms with Crippen molar-refractivity contribution in [2.75, 3.05) is 0 Å². The Bertz CT molecular complexity index is 934. The van der Waals surface area contributed by atoms with E-state index < -0.39 is 0 Å². The first-order valence-corrected chi connectivity index (χ1v) is 8.00. The van der Waals surface area contributed by atoms with Crippen molar-refractivity contribution in [3.05, 3.63) is 76.5 Å². The third-order valence-electron chi connectivity index (χ3n) is 4.06. The number of benzene rings is 2. The average molecular weight is 340 g/mol. The fourth-order valence-corrected chi connectivity index (χ4v) is 2.72. The van der Waals surface area contributed by atoms with Crippen molar-refractivity contribution in [1.82, 2.24) is 9.13 Å². The van der Waals surface area contributed by atoms with Gasteiger partial charge >= 0.3 is 0 Å². The van der Waals surface area contributed by atoms with Crippen molar-refractivity contribution in [3.8, 4) is 11.3 Å². The summed E-state index contributed by atoms with van der Waals surface area (Å²) in [4.78, 5) is 12.4. The van der Waals surface area contributed by atoms with Crippen molar-refractivity contribution < 1.29 is 4.79 Å². The molecule has 0 atom stereocenters. The van der Waals surface area contributed by atoms with E-state index in [0.29, 0.717) is 10.6 Å². The van der Waals surface area contributed by atoms with E-state index in [-0.39, 0.29) is 17.9 Å². The Hall–Kier alpha value is -2.59. The van der Waals surface area contributed by atoms with E-state index in [1.54, 1.807) is 9.13 Å². The van der Waals surface area contributed by atoms with Gasteiger partial charge in [-0.25, -0.2) is 0 Å². The molecule has 1 aromatic heterocycles. The highest BCUT2D eigenvalue weighted by Crippen LogP contribution is 2.20. The number of imidazole rings is 1. The van der Waals surface area contributed by atoms with Crippen LogP contribution < -0.4 is 5.62 Å². The van der Waals surface area contributed by atoms with E-state index in [2.05, 4.69) is 0 Å². The zero-order valence-corrected chi connectivity index (χ0v) is 14.3. The molecule has 1 N–H and O–H groups in total. The third kappa shape index (κ3) is 3.19. The van der Waals surface area contributed by atoms with Crippen LogP contribution in [0.5, 0.6) is 0 Å². The zero-order valence-electron chi connectivity index (χ0n) is 13.6. The number of rotatable bonds is 4. The molecular weight excluding hydrogens is 322 g/mol. The second-order valence-electron chi connectivity index (χ2n) is 5.82. The van der Waals surface area contributed by atoms with Crippen molar-refractivity contribution in [2.24, 2.45) is 7.05 Å². The summed E-state index contributed by atoms with van der Waals surface area (Å²) < 4.78 is 3.41. The van der Waals surface area contributed by atoms with Crippen LogP contribution in [0, 0.1) is 12.3 Å². The Morgan fingerprint density at radius 1 is 1.08 bits per heavy atom. The zero-order chi connectivity index (χ0) is 17.3. The van der Waals surface area contributed by atoms with E-state index in [4.69, 9.17) is 17.0 Å². The number of aryl methyl sites for hydroxylation is 1. The molecule has 0 spiro atoms. The molecular formula is C19H18ClN3O. The standard InChI is InChI=1S/C19H18ClN3O/c1-13-3-5-15(6-4-13)18(24)12-23-11-17(22(2)19(23)21)14-7-9-16(20)10-8-14/h3-11,21H,12H2,1-2H3. The van der Waals surface area contributed by atoms with Gasteiger partial charge in [0.2, 0.25) is 5.62 Å². The van der Waals surface area contributed by atoms with Gasteiger partial charge in [0.1, 0.15) is 0 Å². The monoisotopic (exact) mass is 339 g/mol. The van der Waals surface area contributed by atoms with Gasteiger partial charge in [0.05, 0.1) is 12.2 Å². The van der Waals surface area contributed by atoms with Gasteiger partial charge in [-0.3, -0.25) is 10.2 Å². The smallest absolute Gasteiger partial charge is 0.202 e. The molecule has 1 heterocycles. The van der Waals surface area contributed by atoms with Gasteiger partial charge in [-0.15, -0.1) is 0 Å². The maximum absolute atomic E-state index is 12.4. The van der Waals surface area contributed by atoms with Gasteiger partial charge in [0, 0.05) is 23.8 Å². The van der Waals surface area contributed by atoms with Crippen LogP contribution in [-0.2, 0) is 13.6 Å². The first kappa shape index (κ1) is 16.3. The first-order chi connectivity index (χ1) is 11.5. The Morgan fingerprint density at radius 3 is 2.33 bits per heavy atom. The van der Waals surface area contributed by atoms with Crippen molar-refractivity contribution in [2.45, 2.75) is 13.5 Å². The Balaban J connectivity index is 1.91. The summed E-state index contributed by atoms with van der Waals surface area (Å²) >= 11 is 5.93. The average Bonchev–Trinajstić information content (AvgIpc) is 2.85. The Labute approximate surface area is 145 Å². The lowest BCUT2D eigenvalue weighted by Crippen LogP contribution is -2.25. The number of nitrogens with zero attached hydrogens (tertiary/aromatic N) is 2. The second kappa shape index (κ2) is 6.49. The topological polar surface area (TPSA) is 50.8 Å². The lowest BCUT2D eigenvalue weighted by atomic mass is 10.1. The predicted octanol–water partition coefficient (Wildman–Crippen LogP) is 3.82. The van der Waals surface area contributed by atoms with Gasteiger partial charge in [0.15, 0.2) is 5.78 Å². The highest BCUT2D eigenvalue weighted by molar-refractivity contribution is 6.30. The molecule has 0 fully saturated rings. The minimum atomic E-state index is -0.0123. The molecule has 0 saturated heterocycles. The quantitative estimate of drug-likeness (QED) is 0.722. The van der Waals surface area contributed by atoms with E-state index >= 15 is 0 Å².